The van der Waals surface area contributed by atoms with Gasteiger partial charge in [-0.15, -0.1) is 10.2 Å². The molecule has 0 aliphatic heterocycles. The van der Waals surface area contributed by atoms with Gasteiger partial charge in [0.15, 0.2) is 15.9 Å². The van der Waals surface area contributed by atoms with E-state index in [2.05, 4.69) is 52.5 Å². The molecule has 3 aromatic heterocycles. The second-order valence-electron chi connectivity index (χ2n) is 7.29. The van der Waals surface area contributed by atoms with Crippen molar-refractivity contribution in [2.45, 2.75) is 25.9 Å². The average molecular weight is 434 g/mol. The van der Waals surface area contributed by atoms with E-state index in [4.69, 9.17) is 0 Å². The number of aromatic nitrogens is 4. The summed E-state index contributed by atoms with van der Waals surface area (Å²) < 4.78 is 3.10. The Kier molecular flexibility index (Phi) is 4.67. The molecule has 1 amide bonds. The fraction of sp³-hybridized carbons (Fsp3) is 0.182. The van der Waals surface area contributed by atoms with Crippen LogP contribution in [0.3, 0.4) is 0 Å². The summed E-state index contributed by atoms with van der Waals surface area (Å²) in [4.78, 5) is 17.0. The lowest BCUT2D eigenvalue weighted by molar-refractivity contribution is -0.113. The predicted molar refractivity (Wildman–Crippen MR) is 124 cm³/mol. The van der Waals surface area contributed by atoms with Gasteiger partial charge in [0.2, 0.25) is 5.91 Å². The van der Waals surface area contributed by atoms with Crippen LogP contribution in [0.2, 0.25) is 0 Å². The SMILES string of the molecule is Cc1cc2cc(C)c3nnc(SCC(=O)Nc4nc5ccccc5s4)n3c2cc1C. The van der Waals surface area contributed by atoms with Crippen LogP contribution in [0.4, 0.5) is 5.13 Å². The Morgan fingerprint density at radius 1 is 1.07 bits per heavy atom. The van der Waals surface area contributed by atoms with E-state index in [9.17, 15) is 4.79 Å². The van der Waals surface area contributed by atoms with Crippen molar-refractivity contribution >= 4 is 60.9 Å². The summed E-state index contributed by atoms with van der Waals surface area (Å²) in [5.41, 5.74) is 6.28. The number of thioether (sulfide) groups is 1. The molecule has 1 N–H and O–H groups in total. The lowest BCUT2D eigenvalue weighted by Crippen LogP contribution is -2.14. The number of hydrogen-bond acceptors (Lipinski definition) is 6. The van der Waals surface area contributed by atoms with E-state index in [1.54, 1.807) is 0 Å². The maximum atomic E-state index is 12.5. The van der Waals surface area contributed by atoms with Crippen molar-refractivity contribution in [3.8, 4) is 0 Å². The van der Waals surface area contributed by atoms with Crippen LogP contribution in [0.1, 0.15) is 16.7 Å². The number of thiazole rings is 1. The lowest BCUT2D eigenvalue weighted by atomic mass is 10.0. The van der Waals surface area contributed by atoms with E-state index in [0.29, 0.717) is 10.3 Å². The topological polar surface area (TPSA) is 72.2 Å². The summed E-state index contributed by atoms with van der Waals surface area (Å²) in [7, 11) is 0. The highest BCUT2D eigenvalue weighted by atomic mass is 32.2. The monoisotopic (exact) mass is 433 g/mol. The van der Waals surface area contributed by atoms with Crippen molar-refractivity contribution in [3.05, 3.63) is 59.2 Å². The Hall–Kier alpha value is -2.97. The Morgan fingerprint density at radius 2 is 1.83 bits per heavy atom. The zero-order valence-electron chi connectivity index (χ0n) is 16.8. The largest absolute Gasteiger partial charge is 0.301 e. The van der Waals surface area contributed by atoms with Crippen LogP contribution in [0.5, 0.6) is 0 Å². The van der Waals surface area contributed by atoms with Crippen LogP contribution in [0.15, 0.2) is 47.6 Å². The van der Waals surface area contributed by atoms with Crippen LogP contribution >= 0.6 is 23.1 Å². The summed E-state index contributed by atoms with van der Waals surface area (Å²) in [6, 6.07) is 14.3. The fourth-order valence-corrected chi connectivity index (χ4v) is 5.10. The minimum atomic E-state index is -0.111. The molecule has 5 rings (SSSR count). The molecule has 0 spiro atoms. The highest BCUT2D eigenvalue weighted by Gasteiger charge is 2.15. The minimum absolute atomic E-state index is 0.111. The Labute approximate surface area is 181 Å². The molecule has 0 saturated heterocycles. The fourth-order valence-electron chi connectivity index (χ4n) is 3.48. The standard InChI is InChI=1S/C22H19N5OS2/c1-12-8-15-9-14(3)20-25-26-22(27(20)17(15)10-13(12)2)29-11-19(28)24-21-23-16-6-4-5-7-18(16)30-21/h4-10H,11H2,1-3H3,(H,23,24,28). The summed E-state index contributed by atoms with van der Waals surface area (Å²) >= 11 is 2.85. The van der Waals surface area contributed by atoms with Crippen LogP contribution in [-0.4, -0.2) is 31.2 Å². The Bertz CT molecular complexity index is 1400. The maximum absolute atomic E-state index is 12.5. The number of amides is 1. The number of hydrogen-bond donors (Lipinski definition) is 1. The van der Waals surface area contributed by atoms with E-state index < -0.39 is 0 Å². The number of para-hydroxylation sites is 1. The van der Waals surface area contributed by atoms with E-state index in [1.165, 1.54) is 34.2 Å². The molecule has 0 fully saturated rings. The molecular weight excluding hydrogens is 414 g/mol. The molecule has 150 valence electrons. The third-order valence-corrected chi connectivity index (χ3v) is 7.00. The number of benzene rings is 2. The Balaban J connectivity index is 1.42. The van der Waals surface area contributed by atoms with Gasteiger partial charge in [0, 0.05) is 0 Å². The predicted octanol–water partition coefficient (Wildman–Crippen LogP) is 5.15. The summed E-state index contributed by atoms with van der Waals surface area (Å²) in [6.07, 6.45) is 0. The zero-order valence-corrected chi connectivity index (χ0v) is 18.4. The first-order valence-corrected chi connectivity index (χ1v) is 11.3. The lowest BCUT2D eigenvalue weighted by Gasteiger charge is -2.09. The molecule has 3 heterocycles. The van der Waals surface area contributed by atoms with Gasteiger partial charge in [0.05, 0.1) is 21.5 Å². The van der Waals surface area contributed by atoms with Crippen LogP contribution < -0.4 is 5.32 Å². The van der Waals surface area contributed by atoms with Gasteiger partial charge in [0.25, 0.3) is 0 Å². The number of nitrogens with one attached hydrogen (secondary N) is 1. The summed E-state index contributed by atoms with van der Waals surface area (Å²) in [6.45, 7) is 6.25. The summed E-state index contributed by atoms with van der Waals surface area (Å²) in [5, 5.41) is 14.1. The van der Waals surface area contributed by atoms with Crippen molar-refractivity contribution in [1.29, 1.82) is 0 Å². The van der Waals surface area contributed by atoms with Crippen LogP contribution in [0, 0.1) is 20.8 Å². The van der Waals surface area contributed by atoms with E-state index in [1.807, 2.05) is 35.6 Å². The number of fused-ring (bicyclic) bond motifs is 4. The third-order valence-electron chi connectivity index (χ3n) is 5.11. The van der Waals surface area contributed by atoms with Gasteiger partial charge in [-0.25, -0.2) is 4.98 Å². The second kappa shape index (κ2) is 7.37. The van der Waals surface area contributed by atoms with Gasteiger partial charge in [-0.1, -0.05) is 35.2 Å². The number of carbonyl (C=O) groups is 1. The van der Waals surface area contributed by atoms with Crippen molar-refractivity contribution in [3.63, 3.8) is 0 Å². The van der Waals surface area contributed by atoms with Crippen molar-refractivity contribution in [1.82, 2.24) is 19.6 Å². The smallest absolute Gasteiger partial charge is 0.236 e. The minimum Gasteiger partial charge on any atom is -0.301 e. The zero-order chi connectivity index (χ0) is 20.8. The quantitative estimate of drug-likeness (QED) is 0.397. The molecule has 2 aromatic carbocycles. The molecule has 0 radical (unpaired) electrons. The first kappa shape index (κ1) is 19.0. The highest BCUT2D eigenvalue weighted by molar-refractivity contribution is 7.99. The van der Waals surface area contributed by atoms with Crippen LogP contribution in [-0.2, 0) is 4.79 Å². The van der Waals surface area contributed by atoms with Gasteiger partial charge in [-0.2, -0.15) is 0 Å². The van der Waals surface area contributed by atoms with Gasteiger partial charge in [-0.05, 0) is 73.2 Å². The van der Waals surface area contributed by atoms with Crippen molar-refractivity contribution < 1.29 is 4.79 Å². The molecule has 0 saturated carbocycles. The van der Waals surface area contributed by atoms with E-state index in [0.717, 1.165) is 32.3 Å². The van der Waals surface area contributed by atoms with E-state index in [-0.39, 0.29) is 11.7 Å². The number of aryl methyl sites for hydroxylation is 3. The van der Waals surface area contributed by atoms with Gasteiger partial charge in [-0.3, -0.25) is 9.20 Å². The number of nitrogens with zero attached hydrogens (tertiary/aromatic N) is 4. The second-order valence-corrected chi connectivity index (χ2v) is 9.26. The van der Waals surface area contributed by atoms with Crippen molar-refractivity contribution in [2.24, 2.45) is 0 Å². The first-order valence-electron chi connectivity index (χ1n) is 9.53. The molecular formula is C22H19N5OS2. The summed E-state index contributed by atoms with van der Waals surface area (Å²) in [5.74, 6) is 0.122. The van der Waals surface area contributed by atoms with Gasteiger partial charge >= 0.3 is 0 Å². The van der Waals surface area contributed by atoms with Crippen molar-refractivity contribution in [2.75, 3.05) is 11.1 Å². The highest BCUT2D eigenvalue weighted by Crippen LogP contribution is 2.28. The number of pyridine rings is 1. The van der Waals surface area contributed by atoms with Gasteiger partial charge in [0.1, 0.15) is 0 Å². The molecule has 0 atom stereocenters. The molecule has 6 nitrogen and oxygen atoms in total. The normalized spacial score (nSPS) is 11.6. The maximum Gasteiger partial charge on any atom is 0.236 e. The molecule has 8 heteroatoms. The van der Waals surface area contributed by atoms with E-state index >= 15 is 0 Å². The number of carbonyl (C=O) groups excluding carboxylic acids is 1. The molecule has 30 heavy (non-hydrogen) atoms. The Morgan fingerprint density at radius 3 is 2.67 bits per heavy atom. The number of rotatable bonds is 4. The van der Waals surface area contributed by atoms with Gasteiger partial charge < -0.3 is 5.32 Å². The number of anilines is 1. The molecule has 0 aliphatic carbocycles. The van der Waals surface area contributed by atoms with Crippen LogP contribution in [0.25, 0.3) is 26.8 Å². The molecule has 0 aliphatic rings. The molecule has 5 aromatic rings. The third kappa shape index (κ3) is 3.32. The molecule has 0 unspecified atom stereocenters. The molecule has 0 bridgehead atoms. The first-order chi connectivity index (χ1) is 14.5. The average Bonchev–Trinajstić information content (AvgIpc) is 3.32.